The van der Waals surface area contributed by atoms with Crippen molar-refractivity contribution in [3.63, 3.8) is 0 Å². The van der Waals surface area contributed by atoms with Gasteiger partial charge in [0, 0.05) is 12.6 Å². The predicted octanol–water partition coefficient (Wildman–Crippen LogP) is 1.62. The van der Waals surface area contributed by atoms with Gasteiger partial charge in [0.15, 0.2) is 0 Å². The third-order valence-electron chi connectivity index (χ3n) is 3.33. The summed E-state index contributed by atoms with van der Waals surface area (Å²) < 4.78 is 47.3. The minimum Gasteiger partial charge on any atom is -0.480 e. The van der Waals surface area contributed by atoms with E-state index in [1.165, 1.54) is 20.9 Å². The van der Waals surface area contributed by atoms with Gasteiger partial charge in [-0.2, -0.15) is 8.78 Å². The van der Waals surface area contributed by atoms with Crippen molar-refractivity contribution in [1.82, 2.24) is 4.90 Å². The number of nitrogens with zero attached hydrogens (tertiary/aromatic N) is 1. The fourth-order valence-electron chi connectivity index (χ4n) is 1.48. The van der Waals surface area contributed by atoms with Gasteiger partial charge in [0.2, 0.25) is 9.84 Å². The first-order chi connectivity index (χ1) is 9.92. The summed E-state index contributed by atoms with van der Waals surface area (Å²) in [4.78, 5) is 23.6. The highest BCUT2D eigenvalue weighted by molar-refractivity contribution is 7.91. The van der Waals surface area contributed by atoms with Crippen LogP contribution in [0.15, 0.2) is 29.2 Å². The molecule has 1 rings (SSSR count). The number of sulfone groups is 1. The number of carboxylic acid groups (broad SMARTS) is 1. The molecule has 0 saturated carbocycles. The fourth-order valence-corrected chi connectivity index (χ4v) is 2.20. The Morgan fingerprint density at radius 2 is 1.64 bits per heavy atom. The van der Waals surface area contributed by atoms with Gasteiger partial charge in [-0.15, -0.1) is 0 Å². The second-order valence-electron chi connectivity index (χ2n) is 5.06. The Labute approximate surface area is 126 Å². The number of benzene rings is 1. The number of carbonyl (C=O) groups excluding carboxylic acids is 1. The van der Waals surface area contributed by atoms with E-state index in [1.54, 1.807) is 0 Å². The SMILES string of the molecule is CN(C(=O)c1ccc(S(=O)(=O)C(F)F)cc1)C(C)(C)C(=O)O. The van der Waals surface area contributed by atoms with Crippen LogP contribution in [-0.4, -0.2) is 48.6 Å². The van der Waals surface area contributed by atoms with Crippen LogP contribution in [0.4, 0.5) is 8.78 Å². The molecule has 0 aliphatic rings. The molecule has 6 nitrogen and oxygen atoms in total. The summed E-state index contributed by atoms with van der Waals surface area (Å²) in [6.45, 7) is 2.64. The molecular weight excluding hydrogens is 320 g/mol. The van der Waals surface area contributed by atoms with Crippen LogP contribution in [0.25, 0.3) is 0 Å². The predicted molar refractivity (Wildman–Crippen MR) is 73.4 cm³/mol. The van der Waals surface area contributed by atoms with E-state index in [4.69, 9.17) is 5.11 Å². The summed E-state index contributed by atoms with van der Waals surface area (Å²) >= 11 is 0. The van der Waals surface area contributed by atoms with Crippen molar-refractivity contribution >= 4 is 21.7 Å². The quantitative estimate of drug-likeness (QED) is 0.883. The molecule has 0 aliphatic carbocycles. The van der Waals surface area contributed by atoms with Gasteiger partial charge in [0.25, 0.3) is 5.91 Å². The second kappa shape index (κ2) is 5.99. The van der Waals surface area contributed by atoms with Gasteiger partial charge in [0.1, 0.15) is 5.54 Å². The van der Waals surface area contributed by atoms with E-state index in [0.29, 0.717) is 0 Å². The third-order valence-corrected chi connectivity index (χ3v) is 4.73. The first-order valence-corrected chi connectivity index (χ1v) is 7.60. The molecule has 122 valence electrons. The van der Waals surface area contributed by atoms with Gasteiger partial charge in [-0.1, -0.05) is 0 Å². The molecule has 0 bridgehead atoms. The molecule has 0 fully saturated rings. The van der Waals surface area contributed by atoms with Gasteiger partial charge in [-0.25, -0.2) is 13.2 Å². The summed E-state index contributed by atoms with van der Waals surface area (Å²) in [6, 6.07) is 3.89. The molecular formula is C13H15F2NO5S. The van der Waals surface area contributed by atoms with E-state index in [1.807, 2.05) is 0 Å². The Kier molecular flexibility index (Phi) is 4.91. The van der Waals surface area contributed by atoms with Crippen molar-refractivity contribution in [1.29, 1.82) is 0 Å². The van der Waals surface area contributed by atoms with Crippen molar-refractivity contribution in [3.05, 3.63) is 29.8 Å². The van der Waals surface area contributed by atoms with E-state index in [-0.39, 0.29) is 5.56 Å². The van der Waals surface area contributed by atoms with Gasteiger partial charge in [-0.3, -0.25) is 4.79 Å². The lowest BCUT2D eigenvalue weighted by Crippen LogP contribution is -2.50. The summed E-state index contributed by atoms with van der Waals surface area (Å²) in [7, 11) is -3.46. The number of carboxylic acids is 1. The highest BCUT2D eigenvalue weighted by Crippen LogP contribution is 2.21. The Bertz CT molecular complexity index is 683. The lowest BCUT2D eigenvalue weighted by atomic mass is 10.0. The summed E-state index contributed by atoms with van der Waals surface area (Å²) in [5.41, 5.74) is -1.49. The van der Waals surface area contributed by atoms with E-state index in [2.05, 4.69) is 0 Å². The topological polar surface area (TPSA) is 91.8 Å². The zero-order valence-corrected chi connectivity index (χ0v) is 12.9. The van der Waals surface area contributed by atoms with Crippen molar-refractivity contribution in [2.24, 2.45) is 0 Å². The molecule has 0 spiro atoms. The maximum atomic E-state index is 12.4. The molecule has 0 heterocycles. The maximum Gasteiger partial charge on any atom is 0.341 e. The zero-order chi connectivity index (χ0) is 17.3. The standard InChI is InChI=1S/C13H15F2NO5S/c1-13(2,11(18)19)16(3)10(17)8-4-6-9(7-5-8)22(20,21)12(14)15/h4-7,12H,1-3H3,(H,18,19). The first-order valence-electron chi connectivity index (χ1n) is 6.06. The highest BCUT2D eigenvalue weighted by atomic mass is 32.2. The number of hydrogen-bond donors (Lipinski definition) is 1. The molecule has 1 aromatic rings. The summed E-state index contributed by atoms with van der Waals surface area (Å²) in [5, 5.41) is 9.06. The monoisotopic (exact) mass is 335 g/mol. The minimum absolute atomic E-state index is 0.00922. The number of rotatable bonds is 5. The minimum atomic E-state index is -4.73. The summed E-state index contributed by atoms with van der Waals surface area (Å²) in [6.07, 6.45) is 0. The number of likely N-dealkylation sites (N-methyl/N-ethyl adjacent to an activating group) is 1. The van der Waals surface area contributed by atoms with Gasteiger partial charge >= 0.3 is 11.7 Å². The van der Waals surface area contributed by atoms with Crippen LogP contribution < -0.4 is 0 Å². The largest absolute Gasteiger partial charge is 0.480 e. The van der Waals surface area contributed by atoms with Gasteiger partial charge in [0.05, 0.1) is 4.90 Å². The highest BCUT2D eigenvalue weighted by Gasteiger charge is 2.35. The van der Waals surface area contributed by atoms with Crippen LogP contribution in [0, 0.1) is 0 Å². The second-order valence-corrected chi connectivity index (χ2v) is 6.98. The van der Waals surface area contributed by atoms with Crippen molar-refractivity contribution in [3.8, 4) is 0 Å². The Morgan fingerprint density at radius 1 is 1.18 bits per heavy atom. The normalized spacial score (nSPS) is 12.3. The Balaban J connectivity index is 3.11. The third kappa shape index (κ3) is 3.24. The van der Waals surface area contributed by atoms with Crippen molar-refractivity contribution < 1.29 is 31.9 Å². The first kappa shape index (κ1) is 18.0. The van der Waals surface area contributed by atoms with E-state index < -0.39 is 37.9 Å². The van der Waals surface area contributed by atoms with Crippen LogP contribution in [-0.2, 0) is 14.6 Å². The van der Waals surface area contributed by atoms with E-state index >= 15 is 0 Å². The molecule has 0 saturated heterocycles. The number of halogens is 2. The molecule has 22 heavy (non-hydrogen) atoms. The lowest BCUT2D eigenvalue weighted by molar-refractivity contribution is -0.147. The Morgan fingerprint density at radius 3 is 2.00 bits per heavy atom. The average molecular weight is 335 g/mol. The fraction of sp³-hybridized carbons (Fsp3) is 0.385. The van der Waals surface area contributed by atoms with Crippen LogP contribution in [0.1, 0.15) is 24.2 Å². The van der Waals surface area contributed by atoms with Crippen molar-refractivity contribution in [2.75, 3.05) is 7.05 Å². The number of amides is 1. The van der Waals surface area contributed by atoms with Gasteiger partial charge in [-0.05, 0) is 38.1 Å². The number of alkyl halides is 2. The molecule has 9 heteroatoms. The summed E-state index contributed by atoms with van der Waals surface area (Å²) in [5.74, 6) is -5.45. The van der Waals surface area contributed by atoms with Crippen LogP contribution in [0.3, 0.4) is 0 Å². The lowest BCUT2D eigenvalue weighted by Gasteiger charge is -2.31. The molecule has 0 atom stereocenters. The average Bonchev–Trinajstić information content (AvgIpc) is 2.45. The van der Waals surface area contributed by atoms with E-state index in [9.17, 15) is 26.8 Å². The molecule has 0 aliphatic heterocycles. The zero-order valence-electron chi connectivity index (χ0n) is 12.1. The Hall–Kier alpha value is -2.03. The van der Waals surface area contributed by atoms with Crippen LogP contribution in [0.2, 0.25) is 0 Å². The maximum absolute atomic E-state index is 12.4. The van der Waals surface area contributed by atoms with E-state index in [0.717, 1.165) is 29.2 Å². The molecule has 0 aromatic heterocycles. The van der Waals surface area contributed by atoms with Crippen LogP contribution >= 0.6 is 0 Å². The molecule has 1 aromatic carbocycles. The van der Waals surface area contributed by atoms with Gasteiger partial charge < -0.3 is 10.0 Å². The molecule has 0 radical (unpaired) electrons. The molecule has 1 amide bonds. The number of carbonyl (C=O) groups is 2. The molecule has 0 unspecified atom stereocenters. The smallest absolute Gasteiger partial charge is 0.341 e. The number of hydrogen-bond acceptors (Lipinski definition) is 4. The number of aliphatic carboxylic acids is 1. The van der Waals surface area contributed by atoms with Crippen molar-refractivity contribution in [2.45, 2.75) is 30.0 Å². The van der Waals surface area contributed by atoms with Crippen LogP contribution in [0.5, 0.6) is 0 Å². The molecule has 1 N–H and O–H groups in total.